The number of aliphatic hydroxyl groups is 1. The predicted octanol–water partition coefficient (Wildman–Crippen LogP) is 1.94. The van der Waals surface area contributed by atoms with Crippen molar-refractivity contribution in [3.05, 3.63) is 35.9 Å². The van der Waals surface area contributed by atoms with Crippen LogP contribution in [-0.2, 0) is 20.9 Å². The third-order valence-electron chi connectivity index (χ3n) is 7.34. The topological polar surface area (TPSA) is 98.7 Å². The molecule has 3 aliphatic heterocycles. The minimum Gasteiger partial charge on any atom is -0.396 e. The number of nitrogens with one attached hydrogen (secondary N) is 2. The lowest BCUT2D eigenvalue weighted by molar-refractivity contribution is -0.140. The van der Waals surface area contributed by atoms with Crippen LogP contribution in [0.2, 0.25) is 0 Å². The number of likely N-dealkylation sites (tertiary alicyclic amines) is 1. The van der Waals surface area contributed by atoms with Gasteiger partial charge < -0.3 is 20.6 Å². The number of amides is 3. The molecule has 33 heavy (non-hydrogen) atoms. The van der Waals surface area contributed by atoms with Gasteiger partial charge in [-0.25, -0.2) is 0 Å². The van der Waals surface area contributed by atoms with E-state index in [2.05, 4.69) is 17.6 Å². The van der Waals surface area contributed by atoms with E-state index in [1.165, 1.54) is 0 Å². The second-order valence-corrected chi connectivity index (χ2v) is 11.4. The molecule has 2 bridgehead atoms. The first-order valence-electron chi connectivity index (χ1n) is 12.0. The molecule has 3 N–H and O–H groups in total. The van der Waals surface area contributed by atoms with Crippen molar-refractivity contribution in [1.82, 2.24) is 15.5 Å². The molecule has 1 spiro atoms. The van der Waals surface area contributed by atoms with E-state index in [0.29, 0.717) is 25.9 Å². The Hall–Kier alpha value is -2.06. The summed E-state index contributed by atoms with van der Waals surface area (Å²) in [5.41, 5.74) is 1.02. The SMILES string of the molecule is CC(C)NC(=O)C1N(CCCCO)C(=O)[C@@H]2[C@H](C(=O)NCc3ccccc3)[C@@H]3CC(C)C12S3. The van der Waals surface area contributed by atoms with Crippen LogP contribution in [0.4, 0.5) is 0 Å². The van der Waals surface area contributed by atoms with Crippen LogP contribution >= 0.6 is 11.8 Å². The third-order valence-corrected chi connectivity index (χ3v) is 9.42. The van der Waals surface area contributed by atoms with Crippen molar-refractivity contribution in [2.24, 2.45) is 17.8 Å². The second-order valence-electron chi connectivity index (χ2n) is 9.88. The van der Waals surface area contributed by atoms with Gasteiger partial charge in [-0.2, -0.15) is 0 Å². The lowest BCUT2D eigenvalue weighted by Crippen LogP contribution is -2.57. The first kappa shape index (κ1) is 24.1. The number of unbranched alkanes of at least 4 members (excludes halogenated alkanes) is 1. The molecule has 3 heterocycles. The largest absolute Gasteiger partial charge is 0.396 e. The maximum Gasteiger partial charge on any atom is 0.244 e. The summed E-state index contributed by atoms with van der Waals surface area (Å²) in [6, 6.07) is 9.13. The van der Waals surface area contributed by atoms with Gasteiger partial charge in [0.15, 0.2) is 0 Å². The lowest BCUT2D eigenvalue weighted by Gasteiger charge is -2.39. The van der Waals surface area contributed by atoms with Gasteiger partial charge in [-0.05, 0) is 44.6 Å². The van der Waals surface area contributed by atoms with E-state index < -0.39 is 22.6 Å². The maximum absolute atomic E-state index is 13.8. The fourth-order valence-electron chi connectivity index (χ4n) is 6.02. The Labute approximate surface area is 200 Å². The molecule has 4 rings (SSSR count). The maximum atomic E-state index is 13.8. The van der Waals surface area contributed by atoms with E-state index in [4.69, 9.17) is 0 Å². The zero-order valence-electron chi connectivity index (χ0n) is 19.6. The Morgan fingerprint density at radius 1 is 1.21 bits per heavy atom. The summed E-state index contributed by atoms with van der Waals surface area (Å²) in [7, 11) is 0. The van der Waals surface area contributed by atoms with E-state index in [-0.39, 0.29) is 41.5 Å². The number of rotatable bonds is 9. The van der Waals surface area contributed by atoms with Gasteiger partial charge in [-0.15, -0.1) is 11.8 Å². The Morgan fingerprint density at radius 3 is 2.61 bits per heavy atom. The number of benzene rings is 1. The van der Waals surface area contributed by atoms with Crippen LogP contribution in [0.1, 0.15) is 45.6 Å². The molecule has 3 fully saturated rings. The molecule has 6 atom stereocenters. The zero-order valence-corrected chi connectivity index (χ0v) is 20.4. The van der Waals surface area contributed by atoms with Gasteiger partial charge >= 0.3 is 0 Å². The average Bonchev–Trinajstić information content (AvgIpc) is 3.36. The quantitative estimate of drug-likeness (QED) is 0.476. The number of hydrogen-bond acceptors (Lipinski definition) is 5. The molecular weight excluding hydrogens is 438 g/mol. The highest BCUT2D eigenvalue weighted by molar-refractivity contribution is 8.02. The van der Waals surface area contributed by atoms with Crippen molar-refractivity contribution in [3.63, 3.8) is 0 Å². The van der Waals surface area contributed by atoms with Crippen molar-refractivity contribution in [2.45, 2.75) is 68.7 Å². The predicted molar refractivity (Wildman–Crippen MR) is 128 cm³/mol. The van der Waals surface area contributed by atoms with Crippen molar-refractivity contribution < 1.29 is 19.5 Å². The second kappa shape index (κ2) is 9.66. The number of carbonyl (C=O) groups excluding carboxylic acids is 3. The van der Waals surface area contributed by atoms with E-state index in [1.807, 2.05) is 44.2 Å². The van der Waals surface area contributed by atoms with Crippen molar-refractivity contribution in [2.75, 3.05) is 13.2 Å². The van der Waals surface area contributed by atoms with Crippen molar-refractivity contribution in [1.29, 1.82) is 0 Å². The van der Waals surface area contributed by atoms with Crippen molar-refractivity contribution in [3.8, 4) is 0 Å². The molecule has 0 radical (unpaired) electrons. The molecule has 1 aromatic carbocycles. The van der Waals surface area contributed by atoms with Crippen LogP contribution in [0, 0.1) is 17.8 Å². The molecule has 3 aliphatic rings. The monoisotopic (exact) mass is 473 g/mol. The van der Waals surface area contributed by atoms with Crippen LogP contribution < -0.4 is 10.6 Å². The van der Waals surface area contributed by atoms with Gasteiger partial charge in [0.05, 0.1) is 16.6 Å². The molecule has 1 aromatic rings. The summed E-state index contributed by atoms with van der Waals surface area (Å²) in [4.78, 5) is 42.3. The number of fused-ring (bicyclic) bond motifs is 1. The van der Waals surface area contributed by atoms with Crippen LogP contribution in [-0.4, -0.2) is 63.0 Å². The summed E-state index contributed by atoms with van der Waals surface area (Å²) in [6.45, 7) is 6.86. The molecule has 8 heteroatoms. The Kier molecular flexibility index (Phi) is 7.05. The van der Waals surface area contributed by atoms with Gasteiger partial charge in [0, 0.05) is 31.0 Å². The number of thioether (sulfide) groups is 1. The van der Waals surface area contributed by atoms with Crippen LogP contribution in [0.3, 0.4) is 0 Å². The standard InChI is InChI=1S/C25H35N3O4S/c1-15(2)27-23(31)21-25-16(3)13-18(33-25)19(20(25)24(32)28(21)11-7-8-12-29)22(30)26-14-17-9-5-4-6-10-17/h4-6,9-10,15-16,18-21,29H,7-8,11-14H2,1-3H3,(H,26,30)(H,27,31)/t16?,18-,19+,20-,21?,25?/m0/s1. The first-order valence-corrected chi connectivity index (χ1v) is 12.9. The molecule has 0 aromatic heterocycles. The van der Waals surface area contributed by atoms with Gasteiger partial charge in [0.2, 0.25) is 17.7 Å². The summed E-state index contributed by atoms with van der Waals surface area (Å²) in [5.74, 6) is -1.08. The molecule has 7 nitrogen and oxygen atoms in total. The normalized spacial score (nSPS) is 32.3. The highest BCUT2D eigenvalue weighted by Gasteiger charge is 2.75. The third kappa shape index (κ3) is 4.16. The minimum absolute atomic E-state index is 0.0359. The van der Waals surface area contributed by atoms with Crippen molar-refractivity contribution >= 4 is 29.5 Å². The number of hydrogen-bond donors (Lipinski definition) is 3. The number of aliphatic hydroxyl groups excluding tert-OH is 1. The molecule has 3 saturated heterocycles. The fourth-order valence-corrected chi connectivity index (χ4v) is 8.44. The summed E-state index contributed by atoms with van der Waals surface area (Å²) >= 11 is 1.69. The molecular formula is C25H35N3O4S. The summed E-state index contributed by atoms with van der Waals surface area (Å²) in [5, 5.41) is 15.4. The van der Waals surface area contributed by atoms with E-state index in [0.717, 1.165) is 12.0 Å². The number of nitrogens with zero attached hydrogens (tertiary/aromatic N) is 1. The fraction of sp³-hybridized carbons (Fsp3) is 0.640. The van der Waals surface area contributed by atoms with E-state index in [9.17, 15) is 19.5 Å². The van der Waals surface area contributed by atoms with Gasteiger partial charge in [-0.1, -0.05) is 37.3 Å². The smallest absolute Gasteiger partial charge is 0.244 e. The average molecular weight is 474 g/mol. The molecule has 0 aliphatic carbocycles. The molecule has 3 amide bonds. The van der Waals surface area contributed by atoms with E-state index in [1.54, 1.807) is 16.7 Å². The molecule has 180 valence electrons. The highest BCUT2D eigenvalue weighted by Crippen LogP contribution is 2.68. The van der Waals surface area contributed by atoms with Crippen LogP contribution in [0.15, 0.2) is 30.3 Å². The molecule has 3 unspecified atom stereocenters. The van der Waals surface area contributed by atoms with Gasteiger partial charge in [-0.3, -0.25) is 14.4 Å². The lowest BCUT2D eigenvalue weighted by atomic mass is 9.66. The summed E-state index contributed by atoms with van der Waals surface area (Å²) < 4.78 is -0.589. The first-order chi connectivity index (χ1) is 15.8. The summed E-state index contributed by atoms with van der Waals surface area (Å²) in [6.07, 6.45) is 2.03. The zero-order chi connectivity index (χ0) is 23.8. The number of carbonyl (C=O) groups is 3. The Balaban J connectivity index is 1.62. The highest BCUT2D eigenvalue weighted by atomic mass is 32.2. The van der Waals surface area contributed by atoms with Gasteiger partial charge in [0.25, 0.3) is 0 Å². The van der Waals surface area contributed by atoms with E-state index >= 15 is 0 Å². The minimum atomic E-state index is -0.590. The van der Waals surface area contributed by atoms with Crippen LogP contribution in [0.25, 0.3) is 0 Å². The van der Waals surface area contributed by atoms with Crippen LogP contribution in [0.5, 0.6) is 0 Å². The molecule has 0 saturated carbocycles. The Bertz CT molecular complexity index is 895. The van der Waals surface area contributed by atoms with Gasteiger partial charge in [0.1, 0.15) is 6.04 Å². The Morgan fingerprint density at radius 2 is 1.94 bits per heavy atom.